The van der Waals surface area contributed by atoms with Crippen LogP contribution in [0.4, 0.5) is 0 Å². The first-order valence-electron chi connectivity index (χ1n) is 7.46. The van der Waals surface area contributed by atoms with Gasteiger partial charge in [0.15, 0.2) is 9.84 Å². The van der Waals surface area contributed by atoms with Crippen LogP contribution >= 0.6 is 0 Å². The number of hydrogen-bond donors (Lipinski definition) is 1. The lowest BCUT2D eigenvalue weighted by atomic mass is 10.1. The molecule has 6 heteroatoms. The highest BCUT2D eigenvalue weighted by Crippen LogP contribution is 2.25. The van der Waals surface area contributed by atoms with Crippen LogP contribution in [0.5, 0.6) is 0 Å². The van der Waals surface area contributed by atoms with Gasteiger partial charge in [0.25, 0.3) is 0 Å². The molecule has 124 valence electrons. The Labute approximate surface area is 141 Å². The molecule has 1 heterocycles. The number of hydrogen-bond acceptors (Lipinski definition) is 4. The summed E-state index contributed by atoms with van der Waals surface area (Å²) in [5.74, 6) is 0. The molecule has 3 aromatic rings. The fraction of sp³-hybridized carbons (Fsp3) is 0.167. The van der Waals surface area contributed by atoms with Gasteiger partial charge in [0.05, 0.1) is 28.6 Å². The van der Waals surface area contributed by atoms with Crippen molar-refractivity contribution < 1.29 is 13.5 Å². The van der Waals surface area contributed by atoms with Crippen molar-refractivity contribution in [3.05, 3.63) is 65.9 Å². The second-order valence-electron chi connectivity index (χ2n) is 5.72. The molecule has 24 heavy (non-hydrogen) atoms. The Morgan fingerprint density at radius 1 is 1.04 bits per heavy atom. The molecular formula is C18H18N2O3S. The Hall–Kier alpha value is -2.44. The summed E-state index contributed by atoms with van der Waals surface area (Å²) in [7, 11) is -3.24. The molecule has 1 aromatic heterocycles. The number of benzene rings is 2. The van der Waals surface area contributed by atoms with E-state index in [0.29, 0.717) is 5.69 Å². The zero-order valence-electron chi connectivity index (χ0n) is 13.5. The summed E-state index contributed by atoms with van der Waals surface area (Å²) >= 11 is 0. The van der Waals surface area contributed by atoms with E-state index in [1.54, 1.807) is 28.9 Å². The SMILES string of the molecule is Cc1ccc(-c2cc(CO)nn2-c2ccc(S(C)(=O)=O)cc2)cc1. The maximum atomic E-state index is 11.6. The Morgan fingerprint density at radius 2 is 1.67 bits per heavy atom. The molecule has 0 radical (unpaired) electrons. The lowest BCUT2D eigenvalue weighted by Crippen LogP contribution is -2.02. The standard InChI is InChI=1S/C18H18N2O3S/c1-13-3-5-14(6-4-13)18-11-15(12-21)19-20(18)16-7-9-17(10-8-16)24(2,22)23/h3-11,21H,12H2,1-2H3. The number of aliphatic hydroxyl groups is 1. The molecule has 0 aliphatic rings. The summed E-state index contributed by atoms with van der Waals surface area (Å²) in [5.41, 5.74) is 4.26. The van der Waals surface area contributed by atoms with Gasteiger partial charge in [-0.25, -0.2) is 13.1 Å². The van der Waals surface area contributed by atoms with E-state index in [9.17, 15) is 13.5 Å². The van der Waals surface area contributed by atoms with Crippen LogP contribution in [0, 0.1) is 6.92 Å². The highest BCUT2D eigenvalue weighted by Gasteiger charge is 2.13. The van der Waals surface area contributed by atoms with Gasteiger partial charge < -0.3 is 5.11 Å². The summed E-state index contributed by atoms with van der Waals surface area (Å²) in [6.45, 7) is 1.86. The Balaban J connectivity index is 2.10. The van der Waals surface area contributed by atoms with Gasteiger partial charge in [0.1, 0.15) is 0 Å². The van der Waals surface area contributed by atoms with E-state index in [1.165, 1.54) is 6.26 Å². The molecule has 0 unspecified atom stereocenters. The first-order chi connectivity index (χ1) is 11.4. The second-order valence-corrected chi connectivity index (χ2v) is 7.74. The number of aromatic nitrogens is 2. The molecule has 3 rings (SSSR count). The zero-order chi connectivity index (χ0) is 17.3. The van der Waals surface area contributed by atoms with E-state index >= 15 is 0 Å². The van der Waals surface area contributed by atoms with Crippen LogP contribution in [-0.2, 0) is 16.4 Å². The fourth-order valence-corrected chi connectivity index (χ4v) is 3.10. The van der Waals surface area contributed by atoms with Gasteiger partial charge in [-0.1, -0.05) is 29.8 Å². The minimum atomic E-state index is -3.24. The summed E-state index contributed by atoms with van der Waals surface area (Å²) in [6.07, 6.45) is 1.18. The third-order valence-electron chi connectivity index (χ3n) is 3.78. The van der Waals surface area contributed by atoms with Crippen molar-refractivity contribution in [2.24, 2.45) is 0 Å². The molecule has 2 aromatic carbocycles. The monoisotopic (exact) mass is 342 g/mol. The van der Waals surface area contributed by atoms with Gasteiger partial charge >= 0.3 is 0 Å². The quantitative estimate of drug-likeness (QED) is 0.791. The summed E-state index contributed by atoms with van der Waals surface area (Å²) in [5, 5.41) is 13.8. The van der Waals surface area contributed by atoms with Crippen LogP contribution in [0.15, 0.2) is 59.5 Å². The lowest BCUT2D eigenvalue weighted by molar-refractivity contribution is 0.276. The largest absolute Gasteiger partial charge is 0.390 e. The van der Waals surface area contributed by atoms with Gasteiger partial charge in [0.2, 0.25) is 0 Å². The van der Waals surface area contributed by atoms with Crippen LogP contribution in [0.3, 0.4) is 0 Å². The molecule has 0 saturated heterocycles. The van der Waals surface area contributed by atoms with Crippen molar-refractivity contribution in [3.63, 3.8) is 0 Å². The Morgan fingerprint density at radius 3 is 2.21 bits per heavy atom. The zero-order valence-corrected chi connectivity index (χ0v) is 14.3. The van der Waals surface area contributed by atoms with Crippen molar-refractivity contribution in [1.29, 1.82) is 0 Å². The molecule has 0 spiro atoms. The van der Waals surface area contributed by atoms with Crippen molar-refractivity contribution >= 4 is 9.84 Å². The molecule has 0 aliphatic heterocycles. The maximum absolute atomic E-state index is 11.6. The van der Waals surface area contributed by atoms with E-state index in [-0.39, 0.29) is 11.5 Å². The average molecular weight is 342 g/mol. The molecule has 0 amide bonds. The minimum absolute atomic E-state index is 0.159. The molecule has 0 saturated carbocycles. The van der Waals surface area contributed by atoms with Gasteiger partial charge in [-0.05, 0) is 37.3 Å². The smallest absolute Gasteiger partial charge is 0.175 e. The van der Waals surface area contributed by atoms with Crippen LogP contribution < -0.4 is 0 Å². The highest BCUT2D eigenvalue weighted by atomic mass is 32.2. The molecular weight excluding hydrogens is 324 g/mol. The molecule has 0 fully saturated rings. The summed E-state index contributed by atoms with van der Waals surface area (Å²) < 4.78 is 24.9. The molecule has 0 aliphatic carbocycles. The van der Waals surface area contributed by atoms with Crippen molar-refractivity contribution in [2.45, 2.75) is 18.4 Å². The summed E-state index contributed by atoms with van der Waals surface area (Å²) in [4.78, 5) is 0.262. The van der Waals surface area contributed by atoms with Crippen molar-refractivity contribution in [2.75, 3.05) is 6.26 Å². The number of aryl methyl sites for hydroxylation is 1. The van der Waals surface area contributed by atoms with Crippen LogP contribution in [0.2, 0.25) is 0 Å². The predicted molar refractivity (Wildman–Crippen MR) is 92.8 cm³/mol. The third kappa shape index (κ3) is 3.25. The third-order valence-corrected chi connectivity index (χ3v) is 4.91. The van der Waals surface area contributed by atoms with E-state index in [0.717, 1.165) is 22.5 Å². The highest BCUT2D eigenvalue weighted by molar-refractivity contribution is 7.90. The normalized spacial score (nSPS) is 11.6. The van der Waals surface area contributed by atoms with E-state index in [4.69, 9.17) is 0 Å². The average Bonchev–Trinajstić information content (AvgIpc) is 2.99. The fourth-order valence-electron chi connectivity index (χ4n) is 2.47. The van der Waals surface area contributed by atoms with Gasteiger partial charge in [-0.15, -0.1) is 0 Å². The molecule has 0 bridgehead atoms. The Kier molecular flexibility index (Phi) is 4.26. The summed E-state index contributed by atoms with van der Waals surface area (Å²) in [6, 6.07) is 16.4. The van der Waals surface area contributed by atoms with Gasteiger partial charge in [0, 0.05) is 11.8 Å². The first kappa shape index (κ1) is 16.4. The predicted octanol–water partition coefficient (Wildman–Crippen LogP) is 2.74. The molecule has 5 nitrogen and oxygen atoms in total. The second kappa shape index (κ2) is 6.22. The van der Waals surface area contributed by atoms with Crippen molar-refractivity contribution in [3.8, 4) is 16.9 Å². The van der Waals surface area contributed by atoms with E-state index in [1.807, 2.05) is 37.3 Å². The molecule has 1 N–H and O–H groups in total. The van der Waals surface area contributed by atoms with Crippen molar-refractivity contribution in [1.82, 2.24) is 9.78 Å². The maximum Gasteiger partial charge on any atom is 0.175 e. The van der Waals surface area contributed by atoms with Crippen LogP contribution in [0.25, 0.3) is 16.9 Å². The van der Waals surface area contributed by atoms with Crippen LogP contribution in [0.1, 0.15) is 11.3 Å². The minimum Gasteiger partial charge on any atom is -0.390 e. The topological polar surface area (TPSA) is 72.2 Å². The lowest BCUT2D eigenvalue weighted by Gasteiger charge is -2.09. The number of aliphatic hydroxyl groups excluding tert-OH is 1. The van der Waals surface area contributed by atoms with Crippen LogP contribution in [-0.4, -0.2) is 29.6 Å². The van der Waals surface area contributed by atoms with E-state index < -0.39 is 9.84 Å². The first-order valence-corrected chi connectivity index (χ1v) is 9.35. The number of rotatable bonds is 4. The van der Waals surface area contributed by atoms with Gasteiger partial charge in [-0.2, -0.15) is 5.10 Å². The van der Waals surface area contributed by atoms with E-state index in [2.05, 4.69) is 5.10 Å². The Bertz CT molecular complexity index is 957. The molecule has 0 atom stereocenters. The number of sulfone groups is 1. The number of nitrogens with zero attached hydrogens (tertiary/aromatic N) is 2. The van der Waals surface area contributed by atoms with Gasteiger partial charge in [-0.3, -0.25) is 0 Å².